The second kappa shape index (κ2) is 9.59. The molecule has 4 N–H and O–H groups in total. The zero-order valence-corrected chi connectivity index (χ0v) is 9.77. The van der Waals surface area contributed by atoms with Crippen LogP contribution in [-0.2, 0) is 18.2 Å². The molecule has 0 amide bonds. The van der Waals surface area contributed by atoms with Gasteiger partial charge in [-0.15, -0.1) is 9.05 Å². The Labute approximate surface area is 85.9 Å². The predicted molar refractivity (Wildman–Crippen MR) is 55.1 cm³/mol. The molecule has 0 saturated carbocycles. The van der Waals surface area contributed by atoms with Crippen molar-refractivity contribution in [3.05, 3.63) is 0 Å². The van der Waals surface area contributed by atoms with Crippen LogP contribution in [-0.4, -0.2) is 25.3 Å². The largest absolute Gasteiger partial charge is 0.494 e. The summed E-state index contributed by atoms with van der Waals surface area (Å²) in [4.78, 5) is 0. The third-order valence-electron chi connectivity index (χ3n) is 1.74. The summed E-state index contributed by atoms with van der Waals surface area (Å²) in [5.41, 5.74) is 11.0. The second-order valence-electron chi connectivity index (χ2n) is 2.71. The number of rotatable bonds is 9. The molecule has 0 aliphatic carbocycles. The lowest BCUT2D eigenvalue weighted by atomic mass is 10.1. The Kier molecular flexibility index (Phi) is 9.62. The van der Waals surface area contributed by atoms with Gasteiger partial charge in [-0.2, -0.15) is 0 Å². The minimum Gasteiger partial charge on any atom is -0.329 e. The van der Waals surface area contributed by atoms with E-state index in [1.807, 2.05) is 0 Å². The predicted octanol–water partition coefficient (Wildman–Crippen LogP) is 0.332. The summed E-state index contributed by atoms with van der Waals surface area (Å²) in [5.74, 6) is 0. The van der Waals surface area contributed by atoms with E-state index in [9.17, 15) is 9.13 Å². The summed E-state index contributed by atoms with van der Waals surface area (Å²) in [6.07, 6.45) is 0.922. The van der Waals surface area contributed by atoms with Crippen molar-refractivity contribution in [2.75, 3.05) is 13.2 Å². The molecule has 4 atom stereocenters. The van der Waals surface area contributed by atoms with Gasteiger partial charge in [0, 0.05) is 12.6 Å². The Morgan fingerprint density at radius 1 is 1.29 bits per heavy atom. The van der Waals surface area contributed by atoms with Crippen LogP contribution < -0.4 is 11.5 Å². The molecule has 0 saturated heterocycles. The summed E-state index contributed by atoms with van der Waals surface area (Å²) in [6.45, 7) is 0.653. The molecule has 82 valence electrons. The molecule has 8 heteroatoms. The molecule has 0 aromatic carbocycles. The number of hydrogen-bond donors (Lipinski definition) is 2. The van der Waals surface area contributed by atoms with Crippen LogP contribution in [0.1, 0.15) is 12.8 Å². The lowest BCUT2D eigenvalue weighted by Crippen LogP contribution is -2.41. The van der Waals surface area contributed by atoms with E-state index < -0.39 is 17.4 Å². The van der Waals surface area contributed by atoms with Crippen LogP contribution in [0.2, 0.25) is 0 Å². The van der Waals surface area contributed by atoms with Crippen LogP contribution in [0.5, 0.6) is 0 Å². The van der Waals surface area contributed by atoms with Gasteiger partial charge in [-0.05, 0) is 22.0 Å². The maximum Gasteiger partial charge on any atom is 0.494 e. The van der Waals surface area contributed by atoms with Crippen molar-refractivity contribution >= 4 is 17.4 Å². The third kappa shape index (κ3) is 6.49. The van der Waals surface area contributed by atoms with E-state index in [4.69, 9.17) is 16.0 Å². The standard InChI is InChI=1S/C6H16N2O4P2/c7-4-5(8)6(12-14-10)2-1-3-11-13-9/h5-6,13-14H,1-4,7-8H2/q+2. The molecular formula is C6H16N2O4P2+2. The van der Waals surface area contributed by atoms with Gasteiger partial charge in [0.2, 0.25) is 0 Å². The molecule has 14 heavy (non-hydrogen) atoms. The topological polar surface area (TPSA) is 105 Å². The van der Waals surface area contributed by atoms with E-state index in [-0.39, 0.29) is 18.7 Å². The molecule has 0 fully saturated rings. The van der Waals surface area contributed by atoms with E-state index in [1.54, 1.807) is 0 Å². The van der Waals surface area contributed by atoms with Gasteiger partial charge >= 0.3 is 17.4 Å². The smallest absolute Gasteiger partial charge is 0.329 e. The first-order valence-corrected chi connectivity index (χ1v) is 5.87. The highest BCUT2D eigenvalue weighted by molar-refractivity contribution is 7.17. The zero-order chi connectivity index (χ0) is 10.8. The van der Waals surface area contributed by atoms with Crippen molar-refractivity contribution in [2.45, 2.75) is 25.0 Å². The molecule has 0 aromatic rings. The fourth-order valence-electron chi connectivity index (χ4n) is 0.972. The fourth-order valence-corrected chi connectivity index (χ4v) is 1.62. The normalized spacial score (nSPS) is 15.9. The van der Waals surface area contributed by atoms with E-state index in [0.717, 1.165) is 0 Å². The maximum absolute atomic E-state index is 10.3. The Hall–Kier alpha value is 0.0400. The van der Waals surface area contributed by atoms with E-state index in [2.05, 4.69) is 4.52 Å². The van der Waals surface area contributed by atoms with Gasteiger partial charge in [-0.1, -0.05) is 0 Å². The number of nitrogens with two attached hydrogens (primary N) is 2. The first-order chi connectivity index (χ1) is 6.76. The fraction of sp³-hybridized carbons (Fsp3) is 1.00. The van der Waals surface area contributed by atoms with Crippen molar-refractivity contribution in [2.24, 2.45) is 11.5 Å². The van der Waals surface area contributed by atoms with Crippen molar-refractivity contribution in [3.63, 3.8) is 0 Å². The molecule has 0 radical (unpaired) electrons. The van der Waals surface area contributed by atoms with Crippen LogP contribution in [0.3, 0.4) is 0 Å². The van der Waals surface area contributed by atoms with Crippen LogP contribution >= 0.6 is 17.4 Å². The summed E-state index contributed by atoms with van der Waals surface area (Å²) in [7, 11) is -1.59. The molecule has 0 bridgehead atoms. The summed E-state index contributed by atoms with van der Waals surface area (Å²) >= 11 is 0. The Bertz CT molecular complexity index is 172. The highest BCUT2D eigenvalue weighted by Gasteiger charge is 2.21. The summed E-state index contributed by atoms with van der Waals surface area (Å²) < 4.78 is 29.8. The van der Waals surface area contributed by atoms with Gasteiger partial charge in [0.05, 0.1) is 0 Å². The molecule has 4 unspecified atom stereocenters. The second-order valence-corrected chi connectivity index (χ2v) is 3.57. The van der Waals surface area contributed by atoms with Crippen molar-refractivity contribution in [1.82, 2.24) is 0 Å². The van der Waals surface area contributed by atoms with Gasteiger partial charge in [0.15, 0.2) is 0 Å². The lowest BCUT2D eigenvalue weighted by Gasteiger charge is -2.15. The number of hydrogen-bond acceptors (Lipinski definition) is 6. The van der Waals surface area contributed by atoms with E-state index >= 15 is 0 Å². The van der Waals surface area contributed by atoms with Crippen molar-refractivity contribution in [1.29, 1.82) is 0 Å². The molecule has 0 aromatic heterocycles. The van der Waals surface area contributed by atoms with E-state index in [0.29, 0.717) is 19.4 Å². The highest BCUT2D eigenvalue weighted by Crippen LogP contribution is 2.12. The summed E-state index contributed by atoms with van der Waals surface area (Å²) in [5, 5.41) is 0. The van der Waals surface area contributed by atoms with Crippen LogP contribution in [0.15, 0.2) is 0 Å². The Balaban J connectivity index is 3.71. The third-order valence-corrected chi connectivity index (χ3v) is 2.46. The Morgan fingerprint density at radius 3 is 2.50 bits per heavy atom. The average Bonchev–Trinajstić information content (AvgIpc) is 2.21. The molecule has 6 nitrogen and oxygen atoms in total. The highest BCUT2D eigenvalue weighted by atomic mass is 31.1. The van der Waals surface area contributed by atoms with E-state index in [1.165, 1.54) is 0 Å². The molecule has 0 aliphatic heterocycles. The molecule has 0 aliphatic rings. The van der Waals surface area contributed by atoms with Gasteiger partial charge < -0.3 is 11.5 Å². The van der Waals surface area contributed by atoms with Gasteiger partial charge in [-0.3, -0.25) is 0 Å². The van der Waals surface area contributed by atoms with Gasteiger partial charge in [0.25, 0.3) is 0 Å². The molecule has 0 rings (SSSR count). The molecule has 0 spiro atoms. The lowest BCUT2D eigenvalue weighted by molar-refractivity contribution is 0.170. The maximum atomic E-state index is 10.3. The van der Waals surface area contributed by atoms with Crippen LogP contribution in [0.25, 0.3) is 0 Å². The van der Waals surface area contributed by atoms with Crippen LogP contribution in [0.4, 0.5) is 0 Å². The molecular weight excluding hydrogens is 226 g/mol. The first-order valence-electron chi connectivity index (χ1n) is 4.23. The SMILES string of the molecule is NCC(N)C(CCCO[PH+]=O)O[PH+]=O. The average molecular weight is 242 g/mol. The monoisotopic (exact) mass is 242 g/mol. The van der Waals surface area contributed by atoms with Crippen molar-refractivity contribution in [3.8, 4) is 0 Å². The van der Waals surface area contributed by atoms with Crippen molar-refractivity contribution < 1.29 is 18.2 Å². The quantitative estimate of drug-likeness (QED) is 0.446. The first kappa shape index (κ1) is 14.0. The zero-order valence-electron chi connectivity index (χ0n) is 7.77. The minimum absolute atomic E-state index is 0.277. The van der Waals surface area contributed by atoms with Gasteiger partial charge in [0.1, 0.15) is 12.7 Å². The summed E-state index contributed by atoms with van der Waals surface area (Å²) in [6, 6.07) is -0.328. The minimum atomic E-state index is -0.840. The Morgan fingerprint density at radius 2 is 2.00 bits per heavy atom. The molecule has 0 heterocycles. The van der Waals surface area contributed by atoms with Gasteiger partial charge in [-0.25, -0.2) is 0 Å². The van der Waals surface area contributed by atoms with Crippen LogP contribution in [0, 0.1) is 0 Å².